The molecule has 1 amide bonds. The Morgan fingerprint density at radius 3 is 2.19 bits per heavy atom. The minimum atomic E-state index is -1.00. The molecular formula is C18H26N2O6. The highest BCUT2D eigenvalue weighted by atomic mass is 16.6. The van der Waals surface area contributed by atoms with E-state index in [9.17, 15) is 19.7 Å². The molecule has 8 heteroatoms. The van der Waals surface area contributed by atoms with Crippen molar-refractivity contribution in [2.45, 2.75) is 59.7 Å². The smallest absolute Gasteiger partial charge is 0.339 e. The normalized spacial score (nSPS) is 12.0. The predicted molar refractivity (Wildman–Crippen MR) is 96.3 cm³/mol. The number of carbonyl (C=O) groups is 2. The van der Waals surface area contributed by atoms with E-state index in [1.807, 2.05) is 27.7 Å². The van der Waals surface area contributed by atoms with Crippen molar-refractivity contribution in [1.82, 2.24) is 4.90 Å². The molecule has 1 aromatic rings. The van der Waals surface area contributed by atoms with Crippen LogP contribution in [-0.4, -0.2) is 46.5 Å². The van der Waals surface area contributed by atoms with Gasteiger partial charge in [0, 0.05) is 18.2 Å². The fourth-order valence-corrected chi connectivity index (χ4v) is 2.66. The maximum Gasteiger partial charge on any atom is 0.339 e. The Morgan fingerprint density at radius 1 is 1.15 bits per heavy atom. The van der Waals surface area contributed by atoms with E-state index in [1.54, 1.807) is 11.8 Å². The zero-order valence-electron chi connectivity index (χ0n) is 16.0. The van der Waals surface area contributed by atoms with Crippen molar-refractivity contribution in [3.63, 3.8) is 0 Å². The van der Waals surface area contributed by atoms with Crippen molar-refractivity contribution in [2.75, 3.05) is 6.61 Å². The Hall–Kier alpha value is -2.64. The van der Waals surface area contributed by atoms with Crippen LogP contribution < -0.4 is 4.74 Å². The maximum atomic E-state index is 12.5. The summed E-state index contributed by atoms with van der Waals surface area (Å²) in [6.45, 7) is 11.0. The van der Waals surface area contributed by atoms with Crippen LogP contribution in [0.5, 0.6) is 5.75 Å². The number of nitro benzene ring substituents is 1. The van der Waals surface area contributed by atoms with E-state index in [0.717, 1.165) is 6.07 Å². The second-order valence-electron chi connectivity index (χ2n) is 6.35. The third-order valence-corrected chi connectivity index (χ3v) is 3.69. The van der Waals surface area contributed by atoms with E-state index in [1.165, 1.54) is 19.1 Å². The number of esters is 1. The molecule has 0 aliphatic rings. The second-order valence-corrected chi connectivity index (χ2v) is 6.35. The molecule has 1 unspecified atom stereocenters. The van der Waals surface area contributed by atoms with Crippen molar-refractivity contribution in [2.24, 2.45) is 0 Å². The van der Waals surface area contributed by atoms with Crippen molar-refractivity contribution in [1.29, 1.82) is 0 Å². The molecule has 1 atom stereocenters. The molecule has 0 radical (unpaired) electrons. The van der Waals surface area contributed by atoms with Gasteiger partial charge in [0.05, 0.1) is 17.1 Å². The average molecular weight is 366 g/mol. The summed E-state index contributed by atoms with van der Waals surface area (Å²) in [6.07, 6.45) is -1.00. The molecule has 8 nitrogen and oxygen atoms in total. The first kappa shape index (κ1) is 21.4. The minimum absolute atomic E-state index is 0.0135. The summed E-state index contributed by atoms with van der Waals surface area (Å²) in [5, 5.41) is 11.2. The summed E-state index contributed by atoms with van der Waals surface area (Å²) >= 11 is 0. The first-order valence-corrected chi connectivity index (χ1v) is 8.54. The highest BCUT2D eigenvalue weighted by Gasteiger charge is 2.28. The van der Waals surface area contributed by atoms with Gasteiger partial charge in [-0.15, -0.1) is 0 Å². The standard InChI is InChI=1S/C18H26N2O6/c1-7-25-16-9-8-14(10-15(16)20(23)24)18(22)26-13(6)17(21)19(11(2)3)12(4)5/h8-13H,7H2,1-6H3. The summed E-state index contributed by atoms with van der Waals surface area (Å²) in [7, 11) is 0. The van der Waals surface area contributed by atoms with Crippen LogP contribution in [0.25, 0.3) is 0 Å². The van der Waals surface area contributed by atoms with E-state index in [2.05, 4.69) is 0 Å². The largest absolute Gasteiger partial charge is 0.487 e. The quantitative estimate of drug-likeness (QED) is 0.398. The third kappa shape index (κ3) is 5.18. The van der Waals surface area contributed by atoms with Gasteiger partial charge in [-0.2, -0.15) is 0 Å². The number of hydrogen-bond acceptors (Lipinski definition) is 6. The summed E-state index contributed by atoms with van der Waals surface area (Å²) in [5.74, 6) is -1.04. The molecule has 0 bridgehead atoms. The highest BCUT2D eigenvalue weighted by molar-refractivity contribution is 5.93. The molecule has 0 aromatic heterocycles. The van der Waals surface area contributed by atoms with Gasteiger partial charge < -0.3 is 14.4 Å². The lowest BCUT2D eigenvalue weighted by Gasteiger charge is -2.32. The predicted octanol–water partition coefficient (Wildman–Crippen LogP) is 3.18. The van der Waals surface area contributed by atoms with Gasteiger partial charge in [0.15, 0.2) is 11.9 Å². The Labute approximate surface area is 153 Å². The summed E-state index contributed by atoms with van der Waals surface area (Å²) in [6, 6.07) is 3.72. The van der Waals surface area contributed by atoms with Crippen LogP contribution in [0.15, 0.2) is 18.2 Å². The van der Waals surface area contributed by atoms with Gasteiger partial charge in [-0.3, -0.25) is 14.9 Å². The lowest BCUT2D eigenvalue weighted by Crippen LogP contribution is -2.47. The van der Waals surface area contributed by atoms with Gasteiger partial charge in [-0.1, -0.05) is 0 Å². The van der Waals surface area contributed by atoms with Gasteiger partial charge >= 0.3 is 11.7 Å². The number of nitrogens with zero attached hydrogens (tertiary/aromatic N) is 2. The van der Waals surface area contributed by atoms with Crippen molar-refractivity contribution < 1.29 is 24.0 Å². The van der Waals surface area contributed by atoms with Crippen molar-refractivity contribution >= 4 is 17.6 Å². The zero-order chi connectivity index (χ0) is 20.0. The first-order valence-electron chi connectivity index (χ1n) is 8.54. The van der Waals surface area contributed by atoms with Crippen LogP contribution in [-0.2, 0) is 9.53 Å². The molecule has 0 N–H and O–H groups in total. The lowest BCUT2D eigenvalue weighted by atomic mass is 10.1. The van der Waals surface area contributed by atoms with Crippen LogP contribution in [0.2, 0.25) is 0 Å². The molecule has 0 spiro atoms. The molecule has 0 fully saturated rings. The zero-order valence-corrected chi connectivity index (χ0v) is 16.0. The van der Waals surface area contributed by atoms with Gasteiger partial charge in [0.25, 0.3) is 5.91 Å². The van der Waals surface area contributed by atoms with Gasteiger partial charge in [-0.25, -0.2) is 4.79 Å². The minimum Gasteiger partial charge on any atom is -0.487 e. The van der Waals surface area contributed by atoms with Crippen molar-refractivity contribution in [3.05, 3.63) is 33.9 Å². The summed E-state index contributed by atoms with van der Waals surface area (Å²) < 4.78 is 10.4. The van der Waals surface area contributed by atoms with Gasteiger partial charge in [0.2, 0.25) is 0 Å². The van der Waals surface area contributed by atoms with E-state index in [0.29, 0.717) is 0 Å². The molecule has 0 saturated carbocycles. The van der Waals surface area contributed by atoms with Crippen LogP contribution in [0.3, 0.4) is 0 Å². The first-order chi connectivity index (χ1) is 12.1. The molecule has 0 saturated heterocycles. The van der Waals surface area contributed by atoms with E-state index in [4.69, 9.17) is 9.47 Å². The number of rotatable bonds is 8. The molecule has 0 aliphatic heterocycles. The molecule has 1 rings (SSSR count). The number of carbonyl (C=O) groups excluding carboxylic acids is 2. The average Bonchev–Trinajstić information content (AvgIpc) is 2.54. The Kier molecular flexibility index (Phi) is 7.55. The molecule has 0 heterocycles. The maximum absolute atomic E-state index is 12.5. The Morgan fingerprint density at radius 2 is 1.73 bits per heavy atom. The summed E-state index contributed by atoms with van der Waals surface area (Å²) in [5.41, 5.74) is -0.341. The second kappa shape index (κ2) is 9.17. The van der Waals surface area contributed by atoms with E-state index >= 15 is 0 Å². The van der Waals surface area contributed by atoms with Gasteiger partial charge in [0.1, 0.15) is 0 Å². The molecule has 1 aromatic carbocycles. The molecule has 26 heavy (non-hydrogen) atoms. The third-order valence-electron chi connectivity index (χ3n) is 3.69. The fourth-order valence-electron chi connectivity index (χ4n) is 2.66. The van der Waals surface area contributed by atoms with Crippen LogP contribution in [0, 0.1) is 10.1 Å². The monoisotopic (exact) mass is 366 g/mol. The van der Waals surface area contributed by atoms with E-state index < -0.39 is 17.0 Å². The Balaban J connectivity index is 2.98. The molecule has 144 valence electrons. The van der Waals surface area contributed by atoms with Crippen LogP contribution >= 0.6 is 0 Å². The molecular weight excluding hydrogens is 340 g/mol. The number of amides is 1. The van der Waals surface area contributed by atoms with Crippen molar-refractivity contribution in [3.8, 4) is 5.75 Å². The van der Waals surface area contributed by atoms with Crippen LogP contribution in [0.4, 0.5) is 5.69 Å². The number of ether oxygens (including phenoxy) is 2. The number of nitro groups is 1. The van der Waals surface area contributed by atoms with E-state index in [-0.39, 0.29) is 41.6 Å². The fraction of sp³-hybridized carbons (Fsp3) is 0.556. The highest BCUT2D eigenvalue weighted by Crippen LogP contribution is 2.28. The SMILES string of the molecule is CCOc1ccc(C(=O)OC(C)C(=O)N(C(C)C)C(C)C)cc1[N+](=O)[O-]. The topological polar surface area (TPSA) is 99.0 Å². The lowest BCUT2D eigenvalue weighted by molar-refractivity contribution is -0.385. The van der Waals surface area contributed by atoms with Crippen LogP contribution in [0.1, 0.15) is 51.9 Å². The molecule has 0 aliphatic carbocycles. The number of hydrogen-bond donors (Lipinski definition) is 0. The van der Waals surface area contributed by atoms with Gasteiger partial charge in [-0.05, 0) is 53.7 Å². The number of benzene rings is 1. The Bertz CT molecular complexity index is 664. The summed E-state index contributed by atoms with van der Waals surface area (Å²) in [4.78, 5) is 37.0.